The summed E-state index contributed by atoms with van der Waals surface area (Å²) in [5, 5.41) is 3.47. The maximum absolute atomic E-state index is 6.09. The van der Waals surface area contributed by atoms with E-state index < -0.39 is 0 Å². The summed E-state index contributed by atoms with van der Waals surface area (Å²) in [5.74, 6) is 1.03. The van der Waals surface area contributed by atoms with Gasteiger partial charge in [0.1, 0.15) is 12.4 Å². The van der Waals surface area contributed by atoms with Gasteiger partial charge in [0.25, 0.3) is 0 Å². The average Bonchev–Trinajstić information content (AvgIpc) is 2.43. The van der Waals surface area contributed by atoms with E-state index >= 15 is 0 Å². The van der Waals surface area contributed by atoms with Gasteiger partial charge in [-0.15, -0.1) is 0 Å². The SMILES string of the molecule is CCN(CC)CCOc1c(C)cc(Br)cc1CNC(C)C. The number of benzene rings is 1. The van der Waals surface area contributed by atoms with Crippen molar-refractivity contribution in [2.75, 3.05) is 26.2 Å². The minimum Gasteiger partial charge on any atom is -0.492 e. The largest absolute Gasteiger partial charge is 0.492 e. The lowest BCUT2D eigenvalue weighted by atomic mass is 10.1. The Bertz CT molecular complexity index is 431. The molecule has 0 amide bonds. The highest BCUT2D eigenvalue weighted by atomic mass is 79.9. The van der Waals surface area contributed by atoms with Gasteiger partial charge in [-0.3, -0.25) is 0 Å². The summed E-state index contributed by atoms with van der Waals surface area (Å²) in [6, 6.07) is 4.73. The van der Waals surface area contributed by atoms with E-state index in [1.54, 1.807) is 0 Å². The van der Waals surface area contributed by atoms with Crippen LogP contribution in [-0.4, -0.2) is 37.2 Å². The van der Waals surface area contributed by atoms with Crippen LogP contribution < -0.4 is 10.1 Å². The molecule has 1 rings (SSSR count). The van der Waals surface area contributed by atoms with E-state index in [0.717, 1.165) is 43.0 Å². The molecule has 1 N–H and O–H groups in total. The number of nitrogens with one attached hydrogen (secondary N) is 1. The Morgan fingerprint density at radius 1 is 1.24 bits per heavy atom. The molecule has 0 aliphatic heterocycles. The molecule has 0 saturated carbocycles. The van der Waals surface area contributed by atoms with E-state index in [1.165, 1.54) is 11.1 Å². The number of ether oxygens (including phenoxy) is 1. The normalized spacial score (nSPS) is 11.4. The second kappa shape index (κ2) is 9.44. The Balaban J connectivity index is 2.74. The zero-order chi connectivity index (χ0) is 15.8. The van der Waals surface area contributed by atoms with Crippen LogP contribution in [-0.2, 0) is 6.54 Å². The zero-order valence-electron chi connectivity index (χ0n) is 14.0. The lowest BCUT2D eigenvalue weighted by Gasteiger charge is -2.20. The molecule has 0 radical (unpaired) electrons. The third kappa shape index (κ3) is 6.37. The highest BCUT2D eigenvalue weighted by molar-refractivity contribution is 9.10. The van der Waals surface area contributed by atoms with Crippen molar-refractivity contribution in [3.05, 3.63) is 27.7 Å². The van der Waals surface area contributed by atoms with E-state index in [1.807, 2.05) is 0 Å². The van der Waals surface area contributed by atoms with Crippen LogP contribution in [0.2, 0.25) is 0 Å². The van der Waals surface area contributed by atoms with Crippen molar-refractivity contribution in [1.29, 1.82) is 0 Å². The molecule has 0 spiro atoms. The molecule has 3 nitrogen and oxygen atoms in total. The number of rotatable bonds is 9. The van der Waals surface area contributed by atoms with Crippen LogP contribution in [0.3, 0.4) is 0 Å². The summed E-state index contributed by atoms with van der Waals surface area (Å²) >= 11 is 3.58. The maximum atomic E-state index is 6.09. The molecule has 21 heavy (non-hydrogen) atoms. The Hall–Kier alpha value is -0.580. The molecule has 0 unspecified atom stereocenters. The van der Waals surface area contributed by atoms with Gasteiger partial charge in [-0.25, -0.2) is 0 Å². The van der Waals surface area contributed by atoms with Crippen molar-refractivity contribution in [1.82, 2.24) is 10.2 Å². The first-order chi connectivity index (χ1) is 9.97. The molecule has 4 heteroatoms. The number of aryl methyl sites for hydroxylation is 1. The minimum atomic E-state index is 0.466. The Morgan fingerprint density at radius 2 is 1.90 bits per heavy atom. The van der Waals surface area contributed by atoms with Crippen LogP contribution in [0, 0.1) is 6.92 Å². The molecule has 0 bridgehead atoms. The second-order valence-corrected chi connectivity index (χ2v) is 6.54. The van der Waals surface area contributed by atoms with Gasteiger partial charge in [-0.1, -0.05) is 43.6 Å². The van der Waals surface area contributed by atoms with Gasteiger partial charge in [-0.05, 0) is 37.7 Å². The summed E-state index contributed by atoms with van der Waals surface area (Å²) in [6.07, 6.45) is 0. The topological polar surface area (TPSA) is 24.5 Å². The monoisotopic (exact) mass is 356 g/mol. The van der Waals surface area contributed by atoms with E-state index in [4.69, 9.17) is 4.74 Å². The highest BCUT2D eigenvalue weighted by Crippen LogP contribution is 2.28. The molecular weight excluding hydrogens is 328 g/mol. The van der Waals surface area contributed by atoms with E-state index in [-0.39, 0.29) is 0 Å². The Morgan fingerprint density at radius 3 is 2.48 bits per heavy atom. The van der Waals surface area contributed by atoms with Gasteiger partial charge in [0.15, 0.2) is 0 Å². The van der Waals surface area contributed by atoms with Crippen molar-refractivity contribution in [2.24, 2.45) is 0 Å². The summed E-state index contributed by atoms with van der Waals surface area (Å²) in [4.78, 5) is 2.38. The molecule has 0 aliphatic rings. The van der Waals surface area contributed by atoms with Crippen molar-refractivity contribution in [2.45, 2.75) is 47.2 Å². The maximum Gasteiger partial charge on any atom is 0.126 e. The van der Waals surface area contributed by atoms with Crippen LogP contribution in [0.1, 0.15) is 38.8 Å². The molecule has 0 fully saturated rings. The number of halogens is 1. The van der Waals surface area contributed by atoms with Crippen molar-refractivity contribution >= 4 is 15.9 Å². The van der Waals surface area contributed by atoms with E-state index in [0.29, 0.717) is 6.04 Å². The lowest BCUT2D eigenvalue weighted by molar-refractivity contribution is 0.220. The van der Waals surface area contributed by atoms with Gasteiger partial charge in [-0.2, -0.15) is 0 Å². The van der Waals surface area contributed by atoms with E-state index in [9.17, 15) is 0 Å². The molecule has 0 aliphatic carbocycles. The summed E-state index contributed by atoms with van der Waals surface area (Å²) in [7, 11) is 0. The molecule has 0 aromatic heterocycles. The van der Waals surface area contributed by atoms with Gasteiger partial charge in [0.2, 0.25) is 0 Å². The third-order valence-corrected chi connectivity index (χ3v) is 4.02. The van der Waals surface area contributed by atoms with Crippen LogP contribution in [0.25, 0.3) is 0 Å². The smallest absolute Gasteiger partial charge is 0.126 e. The number of likely N-dealkylation sites (N-methyl/N-ethyl adjacent to an activating group) is 1. The first kappa shape index (κ1) is 18.5. The highest BCUT2D eigenvalue weighted by Gasteiger charge is 2.10. The van der Waals surface area contributed by atoms with Crippen molar-refractivity contribution < 1.29 is 4.74 Å². The van der Waals surface area contributed by atoms with Crippen LogP contribution >= 0.6 is 15.9 Å². The van der Waals surface area contributed by atoms with Crippen LogP contribution in [0.4, 0.5) is 0 Å². The fraction of sp³-hybridized carbons (Fsp3) is 0.647. The standard InChI is InChI=1S/C17H29BrN2O/c1-6-20(7-2)8-9-21-17-14(5)10-16(18)11-15(17)12-19-13(3)4/h10-11,13,19H,6-9,12H2,1-5H3. The van der Waals surface area contributed by atoms with Gasteiger partial charge in [0.05, 0.1) is 0 Å². The van der Waals surface area contributed by atoms with Crippen LogP contribution in [0.5, 0.6) is 5.75 Å². The number of hydrogen-bond acceptors (Lipinski definition) is 3. The van der Waals surface area contributed by atoms with Crippen molar-refractivity contribution in [3.63, 3.8) is 0 Å². The van der Waals surface area contributed by atoms with E-state index in [2.05, 4.69) is 72.9 Å². The molecular formula is C17H29BrN2O. The molecule has 1 aromatic rings. The predicted molar refractivity (Wildman–Crippen MR) is 94.1 cm³/mol. The third-order valence-electron chi connectivity index (χ3n) is 3.57. The van der Waals surface area contributed by atoms with Gasteiger partial charge < -0.3 is 15.0 Å². The Labute approximate surface area is 138 Å². The van der Waals surface area contributed by atoms with Crippen molar-refractivity contribution in [3.8, 4) is 5.75 Å². The molecule has 0 saturated heterocycles. The fourth-order valence-electron chi connectivity index (χ4n) is 2.27. The van der Waals surface area contributed by atoms with Gasteiger partial charge in [0, 0.05) is 29.2 Å². The zero-order valence-corrected chi connectivity index (χ0v) is 15.6. The number of nitrogens with zero attached hydrogens (tertiary/aromatic N) is 1. The molecule has 0 heterocycles. The molecule has 0 atom stereocenters. The first-order valence-corrected chi connectivity index (χ1v) is 8.64. The molecule has 1 aromatic carbocycles. The summed E-state index contributed by atoms with van der Waals surface area (Å²) in [6.45, 7) is 15.5. The predicted octanol–water partition coefficient (Wildman–Crippen LogP) is 3.98. The quantitative estimate of drug-likeness (QED) is 0.724. The summed E-state index contributed by atoms with van der Waals surface area (Å²) < 4.78 is 7.19. The average molecular weight is 357 g/mol. The molecule has 120 valence electrons. The minimum absolute atomic E-state index is 0.466. The van der Waals surface area contributed by atoms with Gasteiger partial charge >= 0.3 is 0 Å². The first-order valence-electron chi connectivity index (χ1n) is 7.85. The number of hydrogen-bond donors (Lipinski definition) is 1. The Kier molecular flexibility index (Phi) is 8.30. The second-order valence-electron chi connectivity index (χ2n) is 5.62. The summed E-state index contributed by atoms with van der Waals surface area (Å²) in [5.41, 5.74) is 2.40. The lowest BCUT2D eigenvalue weighted by Crippen LogP contribution is -2.28. The fourth-order valence-corrected chi connectivity index (χ4v) is 2.89. The van der Waals surface area contributed by atoms with Crippen LogP contribution in [0.15, 0.2) is 16.6 Å².